The standard InChI is InChI=1S/C17H19N5O2/c1-14(15-5-7-16(8-6-15)22(23)24)19-21-12-10-20(11-13-21)17-4-2-3-9-18-17/h2-9H,10-13H2,1H3. The van der Waals surface area contributed by atoms with Crippen molar-refractivity contribution in [2.75, 3.05) is 31.1 Å². The highest BCUT2D eigenvalue weighted by atomic mass is 16.6. The van der Waals surface area contributed by atoms with Crippen LogP contribution >= 0.6 is 0 Å². The van der Waals surface area contributed by atoms with E-state index in [4.69, 9.17) is 0 Å². The SMILES string of the molecule is CC(=NN1CCN(c2ccccn2)CC1)c1ccc([N+](=O)[O-])cc1. The number of benzene rings is 1. The molecule has 7 nitrogen and oxygen atoms in total. The van der Waals surface area contributed by atoms with E-state index in [0.717, 1.165) is 43.3 Å². The van der Waals surface area contributed by atoms with Crippen LogP contribution < -0.4 is 4.90 Å². The summed E-state index contributed by atoms with van der Waals surface area (Å²) in [7, 11) is 0. The molecular formula is C17H19N5O2. The highest BCUT2D eigenvalue weighted by Gasteiger charge is 2.17. The van der Waals surface area contributed by atoms with Crippen LogP contribution in [0.1, 0.15) is 12.5 Å². The van der Waals surface area contributed by atoms with Gasteiger partial charge in [-0.25, -0.2) is 4.98 Å². The summed E-state index contributed by atoms with van der Waals surface area (Å²) >= 11 is 0. The van der Waals surface area contributed by atoms with Gasteiger partial charge >= 0.3 is 0 Å². The first kappa shape index (κ1) is 15.9. The third-order valence-corrected chi connectivity index (χ3v) is 4.02. The molecular weight excluding hydrogens is 306 g/mol. The minimum Gasteiger partial charge on any atom is -0.353 e. The second-order valence-corrected chi connectivity index (χ2v) is 5.62. The number of nitro benzene ring substituents is 1. The lowest BCUT2D eigenvalue weighted by Crippen LogP contribution is -2.44. The van der Waals surface area contributed by atoms with E-state index < -0.39 is 4.92 Å². The molecule has 1 aromatic heterocycles. The first-order valence-corrected chi connectivity index (χ1v) is 7.84. The zero-order valence-electron chi connectivity index (χ0n) is 13.5. The highest BCUT2D eigenvalue weighted by Crippen LogP contribution is 2.15. The molecule has 1 aliphatic heterocycles. The van der Waals surface area contributed by atoms with Gasteiger partial charge in [-0.3, -0.25) is 15.1 Å². The van der Waals surface area contributed by atoms with E-state index >= 15 is 0 Å². The molecule has 0 amide bonds. The van der Waals surface area contributed by atoms with E-state index in [1.165, 1.54) is 12.1 Å². The Hall–Kier alpha value is -2.96. The fourth-order valence-corrected chi connectivity index (χ4v) is 2.66. The van der Waals surface area contributed by atoms with Crippen LogP contribution in [0.3, 0.4) is 0 Å². The van der Waals surface area contributed by atoms with Crippen LogP contribution in [0.15, 0.2) is 53.8 Å². The van der Waals surface area contributed by atoms with E-state index in [1.54, 1.807) is 18.3 Å². The maximum atomic E-state index is 10.7. The van der Waals surface area contributed by atoms with Crippen molar-refractivity contribution in [3.05, 3.63) is 64.3 Å². The van der Waals surface area contributed by atoms with E-state index in [0.29, 0.717) is 0 Å². The molecule has 1 aliphatic rings. The number of aromatic nitrogens is 1. The van der Waals surface area contributed by atoms with Crippen molar-refractivity contribution in [1.82, 2.24) is 9.99 Å². The van der Waals surface area contributed by atoms with Crippen molar-refractivity contribution in [2.24, 2.45) is 5.10 Å². The molecule has 0 aliphatic carbocycles. The van der Waals surface area contributed by atoms with Crippen molar-refractivity contribution in [3.8, 4) is 0 Å². The van der Waals surface area contributed by atoms with Gasteiger partial charge < -0.3 is 4.90 Å². The molecule has 2 aromatic rings. The summed E-state index contributed by atoms with van der Waals surface area (Å²) in [5.41, 5.74) is 1.85. The quantitative estimate of drug-likeness (QED) is 0.490. The predicted octanol–water partition coefficient (Wildman–Crippen LogP) is 2.54. The molecule has 1 saturated heterocycles. The number of piperazine rings is 1. The van der Waals surface area contributed by atoms with Crippen molar-refractivity contribution in [2.45, 2.75) is 6.92 Å². The monoisotopic (exact) mass is 325 g/mol. The van der Waals surface area contributed by atoms with Gasteiger partial charge in [-0.2, -0.15) is 5.10 Å². The Bertz CT molecular complexity index is 722. The lowest BCUT2D eigenvalue weighted by Gasteiger charge is -2.34. The lowest BCUT2D eigenvalue weighted by molar-refractivity contribution is -0.384. The molecule has 0 unspecified atom stereocenters. The molecule has 24 heavy (non-hydrogen) atoms. The molecule has 0 saturated carbocycles. The lowest BCUT2D eigenvalue weighted by atomic mass is 10.1. The van der Waals surface area contributed by atoms with Gasteiger partial charge in [0.15, 0.2) is 0 Å². The molecule has 3 rings (SSSR count). The number of non-ortho nitro benzene ring substituents is 1. The van der Waals surface area contributed by atoms with E-state index in [9.17, 15) is 10.1 Å². The number of rotatable bonds is 4. The molecule has 0 radical (unpaired) electrons. The predicted molar refractivity (Wildman–Crippen MR) is 93.3 cm³/mol. The van der Waals surface area contributed by atoms with Gasteiger partial charge in [0.1, 0.15) is 5.82 Å². The average molecular weight is 325 g/mol. The normalized spacial score (nSPS) is 15.5. The smallest absolute Gasteiger partial charge is 0.269 e. The van der Waals surface area contributed by atoms with Crippen molar-refractivity contribution < 1.29 is 4.92 Å². The molecule has 7 heteroatoms. The maximum Gasteiger partial charge on any atom is 0.269 e. The van der Waals surface area contributed by atoms with Crippen molar-refractivity contribution in [1.29, 1.82) is 0 Å². The van der Waals surface area contributed by atoms with E-state index in [1.807, 2.05) is 30.1 Å². The zero-order valence-corrected chi connectivity index (χ0v) is 13.5. The fourth-order valence-electron chi connectivity index (χ4n) is 2.66. The maximum absolute atomic E-state index is 10.7. The van der Waals surface area contributed by atoms with Crippen LogP contribution in [0.25, 0.3) is 0 Å². The van der Waals surface area contributed by atoms with Crippen LogP contribution in [0, 0.1) is 10.1 Å². The Morgan fingerprint density at radius 2 is 1.83 bits per heavy atom. The minimum absolute atomic E-state index is 0.0931. The Morgan fingerprint density at radius 1 is 1.12 bits per heavy atom. The number of pyridine rings is 1. The third-order valence-electron chi connectivity index (χ3n) is 4.02. The zero-order chi connectivity index (χ0) is 16.9. The Morgan fingerprint density at radius 3 is 2.42 bits per heavy atom. The molecule has 0 atom stereocenters. The second kappa shape index (κ2) is 7.08. The number of hydrogen-bond donors (Lipinski definition) is 0. The van der Waals surface area contributed by atoms with E-state index in [2.05, 4.69) is 15.0 Å². The van der Waals surface area contributed by atoms with Gasteiger partial charge in [-0.15, -0.1) is 0 Å². The molecule has 124 valence electrons. The number of anilines is 1. The van der Waals surface area contributed by atoms with Gasteiger partial charge in [0.25, 0.3) is 5.69 Å². The van der Waals surface area contributed by atoms with Gasteiger partial charge in [0, 0.05) is 31.4 Å². The van der Waals surface area contributed by atoms with E-state index in [-0.39, 0.29) is 5.69 Å². The van der Waals surface area contributed by atoms with Crippen molar-refractivity contribution >= 4 is 17.2 Å². The summed E-state index contributed by atoms with van der Waals surface area (Å²) in [4.78, 5) is 16.9. The minimum atomic E-state index is -0.396. The van der Waals surface area contributed by atoms with Crippen LogP contribution in [0.2, 0.25) is 0 Å². The molecule has 2 heterocycles. The molecule has 0 N–H and O–H groups in total. The summed E-state index contributed by atoms with van der Waals surface area (Å²) in [5.74, 6) is 0.994. The number of hydrazone groups is 1. The summed E-state index contributed by atoms with van der Waals surface area (Å²) < 4.78 is 0. The summed E-state index contributed by atoms with van der Waals surface area (Å²) in [6.07, 6.45) is 1.80. The van der Waals surface area contributed by atoms with Gasteiger partial charge in [0.05, 0.1) is 23.7 Å². The average Bonchev–Trinajstić information content (AvgIpc) is 2.63. The molecule has 0 spiro atoms. The van der Waals surface area contributed by atoms with Crippen molar-refractivity contribution in [3.63, 3.8) is 0 Å². The fraction of sp³-hybridized carbons (Fsp3) is 0.294. The summed E-state index contributed by atoms with van der Waals surface area (Å²) in [6.45, 7) is 5.30. The van der Waals surface area contributed by atoms with Crippen LogP contribution in [0.5, 0.6) is 0 Å². The largest absolute Gasteiger partial charge is 0.353 e. The van der Waals surface area contributed by atoms with Crippen LogP contribution in [0.4, 0.5) is 11.5 Å². The molecule has 0 bridgehead atoms. The number of hydrogen-bond acceptors (Lipinski definition) is 6. The third kappa shape index (κ3) is 3.68. The Labute approximate surface area is 140 Å². The van der Waals surface area contributed by atoms with Crippen LogP contribution in [-0.2, 0) is 0 Å². The topological polar surface area (TPSA) is 74.9 Å². The Kier molecular flexibility index (Phi) is 4.69. The first-order valence-electron chi connectivity index (χ1n) is 7.84. The molecule has 1 aromatic carbocycles. The number of nitrogens with zero attached hydrogens (tertiary/aromatic N) is 5. The van der Waals surface area contributed by atoms with Gasteiger partial charge in [-0.05, 0) is 36.8 Å². The first-order chi connectivity index (χ1) is 11.6. The van der Waals surface area contributed by atoms with Gasteiger partial charge in [-0.1, -0.05) is 6.07 Å². The summed E-state index contributed by atoms with van der Waals surface area (Å²) in [5, 5.41) is 17.4. The highest BCUT2D eigenvalue weighted by molar-refractivity contribution is 5.98. The Balaban J connectivity index is 1.62. The second-order valence-electron chi connectivity index (χ2n) is 5.62. The number of nitro groups is 1. The van der Waals surface area contributed by atoms with Crippen LogP contribution in [-0.4, -0.2) is 46.8 Å². The molecule has 1 fully saturated rings. The van der Waals surface area contributed by atoms with Gasteiger partial charge in [0.2, 0.25) is 0 Å². The summed E-state index contributed by atoms with van der Waals surface area (Å²) in [6, 6.07) is 12.4.